The maximum atomic E-state index is 6.45. The number of rotatable bonds is 1. The molecule has 3 atom stereocenters. The zero-order valence-corrected chi connectivity index (χ0v) is 15.6. The maximum absolute atomic E-state index is 6.45. The fourth-order valence-electron chi connectivity index (χ4n) is 4.78. The van der Waals surface area contributed by atoms with Gasteiger partial charge in [-0.3, -0.25) is 4.98 Å². The zero-order chi connectivity index (χ0) is 18.6. The standard InChI is InChI=1S/C21H23N3O3/c1-13-7-15(10-23-9-13)14-3-4-17-16(8-14)21(12-26-19(22)24-21)18-5-6-25-11-20(18,2)27-17/h3-4,7-10,18H,5-6,11-12H2,1-2H3,(H2,22,24)/t18-,20-,21+/m0/s1. The molecule has 2 N–H and O–H groups in total. The number of aromatic nitrogens is 1. The summed E-state index contributed by atoms with van der Waals surface area (Å²) in [6.07, 6.45) is 4.59. The van der Waals surface area contributed by atoms with Crippen molar-refractivity contribution in [1.82, 2.24) is 4.98 Å². The van der Waals surface area contributed by atoms with Crippen molar-refractivity contribution >= 4 is 6.02 Å². The Labute approximate surface area is 158 Å². The number of aryl methyl sites for hydroxylation is 1. The summed E-state index contributed by atoms with van der Waals surface area (Å²) in [6, 6.07) is 8.63. The minimum atomic E-state index is -0.538. The van der Waals surface area contributed by atoms with Gasteiger partial charge in [0.15, 0.2) is 0 Å². The number of amidine groups is 1. The van der Waals surface area contributed by atoms with E-state index in [0.717, 1.165) is 34.4 Å². The molecule has 4 heterocycles. The quantitative estimate of drug-likeness (QED) is 0.841. The predicted octanol–water partition coefficient (Wildman–Crippen LogP) is 2.78. The molecule has 0 amide bonds. The van der Waals surface area contributed by atoms with Crippen molar-refractivity contribution in [1.29, 1.82) is 0 Å². The van der Waals surface area contributed by atoms with Crippen LogP contribution in [0.15, 0.2) is 41.7 Å². The molecular weight excluding hydrogens is 342 g/mol. The van der Waals surface area contributed by atoms with Crippen LogP contribution in [0.1, 0.15) is 24.5 Å². The van der Waals surface area contributed by atoms with Crippen molar-refractivity contribution in [2.45, 2.75) is 31.4 Å². The summed E-state index contributed by atoms with van der Waals surface area (Å²) in [5.74, 6) is 0.962. The molecule has 1 aromatic heterocycles. The van der Waals surface area contributed by atoms with Crippen LogP contribution in [0.5, 0.6) is 5.75 Å². The number of fused-ring (bicyclic) bond motifs is 4. The van der Waals surface area contributed by atoms with Crippen molar-refractivity contribution in [2.75, 3.05) is 19.8 Å². The van der Waals surface area contributed by atoms with E-state index in [-0.39, 0.29) is 11.9 Å². The van der Waals surface area contributed by atoms with Crippen molar-refractivity contribution in [3.8, 4) is 16.9 Å². The first-order chi connectivity index (χ1) is 13.0. The normalized spacial score (nSPS) is 31.5. The highest BCUT2D eigenvalue weighted by molar-refractivity contribution is 5.75. The number of benzene rings is 1. The number of pyridine rings is 1. The van der Waals surface area contributed by atoms with E-state index in [2.05, 4.69) is 30.1 Å². The minimum absolute atomic E-state index is 0.137. The van der Waals surface area contributed by atoms with Gasteiger partial charge in [0.2, 0.25) is 0 Å². The maximum Gasteiger partial charge on any atom is 0.283 e. The molecule has 0 bridgehead atoms. The smallest absolute Gasteiger partial charge is 0.283 e. The van der Waals surface area contributed by atoms with Crippen LogP contribution < -0.4 is 10.5 Å². The van der Waals surface area contributed by atoms with Gasteiger partial charge in [0.05, 0.1) is 6.61 Å². The summed E-state index contributed by atoms with van der Waals surface area (Å²) in [7, 11) is 0. The Kier molecular flexibility index (Phi) is 3.49. The zero-order valence-electron chi connectivity index (χ0n) is 15.6. The van der Waals surface area contributed by atoms with Crippen LogP contribution in [0.2, 0.25) is 0 Å². The SMILES string of the molecule is Cc1cncc(-c2ccc3c(c2)[C@]2(COC(N)=N2)[C@H]2CCOC[C@]2(C)O3)c1. The van der Waals surface area contributed by atoms with E-state index < -0.39 is 11.1 Å². The highest BCUT2D eigenvalue weighted by Gasteiger charge is 2.59. The largest absolute Gasteiger partial charge is 0.484 e. The van der Waals surface area contributed by atoms with E-state index in [4.69, 9.17) is 24.9 Å². The van der Waals surface area contributed by atoms with Crippen LogP contribution in [0, 0.1) is 12.8 Å². The predicted molar refractivity (Wildman–Crippen MR) is 102 cm³/mol. The third-order valence-electron chi connectivity index (χ3n) is 6.00. The van der Waals surface area contributed by atoms with Crippen LogP contribution in [-0.2, 0) is 15.0 Å². The first kappa shape index (κ1) is 16.6. The number of hydrogen-bond donors (Lipinski definition) is 1. The second kappa shape index (κ2) is 5.70. The number of nitrogens with zero attached hydrogens (tertiary/aromatic N) is 2. The molecule has 27 heavy (non-hydrogen) atoms. The number of aliphatic imine (C=N–C) groups is 1. The van der Waals surface area contributed by atoms with Gasteiger partial charge in [-0.05, 0) is 49.6 Å². The molecule has 5 rings (SSSR count). The minimum Gasteiger partial charge on any atom is -0.484 e. The van der Waals surface area contributed by atoms with E-state index in [1.165, 1.54) is 0 Å². The van der Waals surface area contributed by atoms with E-state index in [9.17, 15) is 0 Å². The monoisotopic (exact) mass is 365 g/mol. The first-order valence-electron chi connectivity index (χ1n) is 9.32. The van der Waals surface area contributed by atoms with Crippen molar-refractivity contribution in [3.63, 3.8) is 0 Å². The molecule has 1 saturated heterocycles. The second-order valence-electron chi connectivity index (χ2n) is 7.93. The summed E-state index contributed by atoms with van der Waals surface area (Å²) in [5.41, 5.74) is 9.31. The highest BCUT2D eigenvalue weighted by atomic mass is 16.6. The number of ether oxygens (including phenoxy) is 3. The Morgan fingerprint density at radius 1 is 1.15 bits per heavy atom. The molecule has 3 aliphatic rings. The summed E-state index contributed by atoms with van der Waals surface area (Å²) in [5, 5.41) is 0. The molecule has 1 spiro atoms. The lowest BCUT2D eigenvalue weighted by atomic mass is 9.66. The lowest BCUT2D eigenvalue weighted by Crippen LogP contribution is -2.60. The Hall–Kier alpha value is -2.60. The number of hydrogen-bond acceptors (Lipinski definition) is 6. The topological polar surface area (TPSA) is 79.0 Å². The van der Waals surface area contributed by atoms with Gasteiger partial charge in [-0.15, -0.1) is 0 Å². The number of nitrogens with two attached hydrogens (primary N) is 1. The van der Waals surface area contributed by atoms with E-state index in [1.54, 1.807) is 0 Å². The van der Waals surface area contributed by atoms with Crippen molar-refractivity contribution < 1.29 is 14.2 Å². The van der Waals surface area contributed by atoms with Crippen molar-refractivity contribution in [2.24, 2.45) is 16.6 Å². The van der Waals surface area contributed by atoms with Gasteiger partial charge in [-0.2, -0.15) is 0 Å². The average Bonchev–Trinajstić information content (AvgIpc) is 3.04. The highest BCUT2D eigenvalue weighted by Crippen LogP contribution is 2.54. The fourth-order valence-corrected chi connectivity index (χ4v) is 4.78. The van der Waals surface area contributed by atoms with Gasteiger partial charge in [0.1, 0.15) is 23.5 Å². The molecular formula is C21H23N3O3. The summed E-state index contributed by atoms with van der Waals surface area (Å²) in [6.45, 7) is 5.81. The van der Waals surface area contributed by atoms with Crippen LogP contribution >= 0.6 is 0 Å². The third-order valence-corrected chi connectivity index (χ3v) is 6.00. The van der Waals surface area contributed by atoms with Crippen LogP contribution in [-0.4, -0.2) is 36.4 Å². The van der Waals surface area contributed by atoms with Crippen LogP contribution in [0.4, 0.5) is 0 Å². The van der Waals surface area contributed by atoms with Gasteiger partial charge >= 0.3 is 0 Å². The molecule has 0 aliphatic carbocycles. The van der Waals surface area contributed by atoms with Crippen LogP contribution in [0.25, 0.3) is 11.1 Å². The van der Waals surface area contributed by atoms with Gasteiger partial charge in [0.25, 0.3) is 6.02 Å². The van der Waals surface area contributed by atoms with E-state index in [0.29, 0.717) is 19.8 Å². The molecule has 2 aromatic rings. The van der Waals surface area contributed by atoms with E-state index in [1.807, 2.05) is 25.4 Å². The third kappa shape index (κ3) is 2.43. The Morgan fingerprint density at radius 3 is 2.81 bits per heavy atom. The molecule has 0 radical (unpaired) electrons. The molecule has 1 fully saturated rings. The lowest BCUT2D eigenvalue weighted by molar-refractivity contribution is -0.135. The molecule has 140 valence electrons. The molecule has 6 nitrogen and oxygen atoms in total. The second-order valence-corrected chi connectivity index (χ2v) is 7.93. The molecule has 1 aromatic carbocycles. The first-order valence-corrected chi connectivity index (χ1v) is 9.32. The molecule has 3 aliphatic heterocycles. The average molecular weight is 365 g/mol. The van der Waals surface area contributed by atoms with Crippen molar-refractivity contribution in [3.05, 3.63) is 47.8 Å². The molecule has 0 unspecified atom stereocenters. The Morgan fingerprint density at radius 2 is 2.04 bits per heavy atom. The van der Waals surface area contributed by atoms with Gasteiger partial charge < -0.3 is 19.9 Å². The Balaban J connectivity index is 1.70. The lowest BCUT2D eigenvalue weighted by Gasteiger charge is -2.52. The molecule has 0 saturated carbocycles. The summed E-state index contributed by atoms with van der Waals surface area (Å²) >= 11 is 0. The van der Waals surface area contributed by atoms with E-state index >= 15 is 0 Å². The van der Waals surface area contributed by atoms with Gasteiger partial charge in [-0.1, -0.05) is 6.07 Å². The van der Waals surface area contributed by atoms with Gasteiger partial charge in [0, 0.05) is 36.0 Å². The molecule has 6 heteroatoms. The fraction of sp³-hybridized carbons (Fsp3) is 0.429. The summed E-state index contributed by atoms with van der Waals surface area (Å²) < 4.78 is 17.9. The summed E-state index contributed by atoms with van der Waals surface area (Å²) in [4.78, 5) is 9.15. The van der Waals surface area contributed by atoms with Crippen LogP contribution in [0.3, 0.4) is 0 Å². The van der Waals surface area contributed by atoms with Gasteiger partial charge in [-0.25, -0.2) is 4.99 Å². The Bertz CT molecular complexity index is 944.